The van der Waals surface area contributed by atoms with Crippen molar-refractivity contribution < 1.29 is 44.3 Å². The van der Waals surface area contributed by atoms with Gasteiger partial charge in [-0.2, -0.15) is 35.1 Å². The van der Waals surface area contributed by atoms with Crippen LogP contribution in [0, 0.1) is 0 Å². The Hall–Kier alpha value is -1.35. The van der Waals surface area contributed by atoms with Gasteiger partial charge in [0.05, 0.1) is 6.61 Å². The second-order valence-electron chi connectivity index (χ2n) is 3.87. The summed E-state index contributed by atoms with van der Waals surface area (Å²) in [4.78, 5) is 0. The normalized spacial score (nSPS) is 26.2. The third kappa shape index (κ3) is 1.87. The number of halogens is 9. The molecule has 10 heteroatoms. The lowest BCUT2D eigenvalue weighted by Crippen LogP contribution is -2.66. The van der Waals surface area contributed by atoms with Crippen LogP contribution in [0.2, 0.25) is 0 Å². The molecule has 116 valence electrons. The van der Waals surface area contributed by atoms with Gasteiger partial charge in [0.25, 0.3) is 0 Å². The maximum Gasteiger partial charge on any atom is 0.386 e. The molecule has 0 radical (unpaired) electrons. The van der Waals surface area contributed by atoms with E-state index >= 15 is 0 Å². The van der Waals surface area contributed by atoms with Crippen LogP contribution in [0.5, 0.6) is 0 Å². The van der Waals surface area contributed by atoms with Gasteiger partial charge in [0.15, 0.2) is 0 Å². The molecule has 1 aliphatic rings. The Morgan fingerprint density at radius 1 is 0.900 bits per heavy atom. The second kappa shape index (κ2) is 4.59. The monoisotopic (exact) mass is 314 g/mol. The highest BCUT2D eigenvalue weighted by atomic mass is 19.4. The first-order chi connectivity index (χ1) is 8.85. The lowest BCUT2D eigenvalue weighted by molar-refractivity contribution is -0.371. The van der Waals surface area contributed by atoms with Gasteiger partial charge in [-0.25, -0.2) is 4.39 Å². The van der Waals surface area contributed by atoms with Crippen molar-refractivity contribution in [3.63, 3.8) is 0 Å². The molecule has 0 fully saturated rings. The number of alkyl halides is 8. The molecule has 1 nitrogen and oxygen atoms in total. The van der Waals surface area contributed by atoms with Crippen molar-refractivity contribution in [2.75, 3.05) is 6.61 Å². The van der Waals surface area contributed by atoms with Crippen LogP contribution in [-0.4, -0.2) is 30.3 Å². The van der Waals surface area contributed by atoms with Crippen molar-refractivity contribution in [3.8, 4) is 0 Å². The molecule has 0 saturated heterocycles. The van der Waals surface area contributed by atoms with E-state index < -0.39 is 41.9 Å². The molecule has 1 aliphatic carbocycles. The first-order valence-corrected chi connectivity index (χ1v) is 5.01. The van der Waals surface area contributed by atoms with E-state index in [2.05, 4.69) is 11.3 Å². The maximum atomic E-state index is 13.2. The Kier molecular flexibility index (Phi) is 3.83. The van der Waals surface area contributed by atoms with E-state index in [1.807, 2.05) is 0 Å². The number of rotatable bonds is 4. The van der Waals surface area contributed by atoms with Gasteiger partial charge in [0, 0.05) is 0 Å². The van der Waals surface area contributed by atoms with Crippen molar-refractivity contribution in [1.29, 1.82) is 0 Å². The van der Waals surface area contributed by atoms with Gasteiger partial charge in [-0.05, 0) is 6.42 Å². The molecule has 0 aromatic heterocycles. The van der Waals surface area contributed by atoms with Crippen LogP contribution in [0.3, 0.4) is 0 Å². The van der Waals surface area contributed by atoms with Crippen molar-refractivity contribution in [1.82, 2.24) is 0 Å². The number of ether oxygens (including phenoxy) is 1. The van der Waals surface area contributed by atoms with Crippen molar-refractivity contribution in [3.05, 3.63) is 24.2 Å². The second-order valence-corrected chi connectivity index (χ2v) is 3.87. The van der Waals surface area contributed by atoms with Gasteiger partial charge < -0.3 is 4.74 Å². The summed E-state index contributed by atoms with van der Waals surface area (Å²) >= 11 is 0. The highest BCUT2D eigenvalue weighted by Gasteiger charge is 2.87. The Labute approximate surface area is 106 Å². The van der Waals surface area contributed by atoms with Crippen LogP contribution < -0.4 is 0 Å². The van der Waals surface area contributed by atoms with E-state index in [9.17, 15) is 39.5 Å². The summed E-state index contributed by atoms with van der Waals surface area (Å²) in [5, 5.41) is 0. The Bertz CT molecular complexity index is 438. The molecule has 0 aromatic carbocycles. The zero-order valence-electron chi connectivity index (χ0n) is 9.51. The zero-order valence-corrected chi connectivity index (χ0v) is 9.51. The molecular weight excluding hydrogens is 307 g/mol. The summed E-state index contributed by atoms with van der Waals surface area (Å²) in [6, 6.07) is 0. The first-order valence-electron chi connectivity index (χ1n) is 5.01. The standard InChI is InChI=1S/C10H7F9O/c1-2-3-4-20-6-5(11)7(12,13)9(16,17)10(18,19)8(6,14)15/h2H,1,3-4H2. The largest absolute Gasteiger partial charge is 0.489 e. The fourth-order valence-corrected chi connectivity index (χ4v) is 1.35. The maximum absolute atomic E-state index is 13.2. The predicted octanol–water partition coefficient (Wildman–Crippen LogP) is 4.32. The third-order valence-corrected chi connectivity index (χ3v) is 2.51. The molecule has 0 spiro atoms. The molecule has 0 bridgehead atoms. The molecule has 0 heterocycles. The lowest BCUT2D eigenvalue weighted by atomic mass is 9.89. The van der Waals surface area contributed by atoms with E-state index in [0.717, 1.165) is 6.08 Å². The van der Waals surface area contributed by atoms with Crippen LogP contribution in [0.15, 0.2) is 24.2 Å². The summed E-state index contributed by atoms with van der Waals surface area (Å²) in [7, 11) is 0. The minimum atomic E-state index is -6.60. The molecule has 0 aliphatic heterocycles. The van der Waals surface area contributed by atoms with E-state index in [-0.39, 0.29) is 6.42 Å². The average Bonchev–Trinajstić information content (AvgIpc) is 2.31. The molecule has 20 heavy (non-hydrogen) atoms. The minimum absolute atomic E-state index is 0.277. The zero-order chi connectivity index (χ0) is 16.0. The van der Waals surface area contributed by atoms with Crippen LogP contribution >= 0.6 is 0 Å². The summed E-state index contributed by atoms with van der Waals surface area (Å²) in [5.41, 5.74) is 0. The number of hydrogen-bond donors (Lipinski definition) is 0. The highest BCUT2D eigenvalue weighted by Crippen LogP contribution is 2.62. The van der Waals surface area contributed by atoms with Gasteiger partial charge in [0.1, 0.15) is 0 Å². The number of allylic oxidation sites excluding steroid dienone is 2. The SMILES string of the molecule is C=CCCOC1=C(F)C(F)(F)C(F)(F)C(F)(F)C1(F)F. The smallest absolute Gasteiger partial charge is 0.386 e. The number of hydrogen-bond acceptors (Lipinski definition) is 1. The van der Waals surface area contributed by atoms with E-state index in [1.165, 1.54) is 0 Å². The lowest BCUT2D eigenvalue weighted by Gasteiger charge is -2.41. The fourth-order valence-electron chi connectivity index (χ4n) is 1.35. The molecule has 0 unspecified atom stereocenters. The quantitative estimate of drug-likeness (QED) is 0.427. The molecular formula is C10H7F9O. The third-order valence-electron chi connectivity index (χ3n) is 2.51. The van der Waals surface area contributed by atoms with Gasteiger partial charge in [0.2, 0.25) is 11.6 Å². The summed E-state index contributed by atoms with van der Waals surface area (Å²) in [5.74, 6) is -31.3. The minimum Gasteiger partial charge on any atom is -0.489 e. The Balaban J connectivity index is 3.42. The summed E-state index contributed by atoms with van der Waals surface area (Å²) in [6.45, 7) is 2.18. The predicted molar refractivity (Wildman–Crippen MR) is 48.7 cm³/mol. The molecule has 0 atom stereocenters. The molecule has 0 amide bonds. The van der Waals surface area contributed by atoms with Crippen molar-refractivity contribution in [2.45, 2.75) is 30.1 Å². The van der Waals surface area contributed by atoms with E-state index in [1.54, 1.807) is 0 Å². The van der Waals surface area contributed by atoms with Gasteiger partial charge in [-0.3, -0.25) is 0 Å². The molecule has 0 aromatic rings. The fraction of sp³-hybridized carbons (Fsp3) is 0.600. The Morgan fingerprint density at radius 2 is 1.35 bits per heavy atom. The van der Waals surface area contributed by atoms with Crippen LogP contribution in [0.25, 0.3) is 0 Å². The van der Waals surface area contributed by atoms with E-state index in [0.29, 0.717) is 0 Å². The van der Waals surface area contributed by atoms with Crippen LogP contribution in [-0.2, 0) is 4.74 Å². The van der Waals surface area contributed by atoms with Gasteiger partial charge in [-0.15, -0.1) is 6.58 Å². The topological polar surface area (TPSA) is 9.23 Å². The van der Waals surface area contributed by atoms with Crippen molar-refractivity contribution >= 4 is 0 Å². The van der Waals surface area contributed by atoms with Crippen LogP contribution in [0.1, 0.15) is 6.42 Å². The molecule has 0 saturated carbocycles. The van der Waals surface area contributed by atoms with Gasteiger partial charge >= 0.3 is 23.7 Å². The van der Waals surface area contributed by atoms with Gasteiger partial charge in [-0.1, -0.05) is 6.08 Å². The molecule has 0 N–H and O–H groups in total. The summed E-state index contributed by atoms with van der Waals surface area (Å²) < 4.78 is 120. The Morgan fingerprint density at radius 3 is 1.80 bits per heavy atom. The van der Waals surface area contributed by atoms with E-state index in [4.69, 9.17) is 0 Å². The summed E-state index contributed by atoms with van der Waals surface area (Å²) in [6.07, 6.45) is 0.755. The molecule has 1 rings (SSSR count). The highest BCUT2D eigenvalue weighted by molar-refractivity contribution is 5.32. The first kappa shape index (κ1) is 16.7. The average molecular weight is 314 g/mol. The van der Waals surface area contributed by atoms with Crippen molar-refractivity contribution in [2.24, 2.45) is 0 Å². The van der Waals surface area contributed by atoms with Crippen LogP contribution in [0.4, 0.5) is 39.5 Å².